The molecule has 0 saturated heterocycles. The number of nitrogens with one attached hydrogen (secondary N) is 1. The summed E-state index contributed by atoms with van der Waals surface area (Å²) in [4.78, 5) is 11.9. The third-order valence-corrected chi connectivity index (χ3v) is 3.64. The summed E-state index contributed by atoms with van der Waals surface area (Å²) in [6.45, 7) is 2.39. The van der Waals surface area contributed by atoms with Crippen LogP contribution in [-0.2, 0) is 11.2 Å². The third kappa shape index (κ3) is 2.47. The van der Waals surface area contributed by atoms with Crippen molar-refractivity contribution in [1.29, 1.82) is 0 Å². The molecular weight excluding hydrogens is 252 g/mol. The summed E-state index contributed by atoms with van der Waals surface area (Å²) in [5, 5.41) is 12.6. The van der Waals surface area contributed by atoms with Gasteiger partial charge in [-0.2, -0.15) is 0 Å². The standard InChI is InChI=1S/C14H17F2NO2/c1-14(2,12(15)16)13(19)17-10-7-8-5-3-4-6-9(8)11(10)18/h3-6,10-12,18H,7H2,1-2H3,(H,17,19). The van der Waals surface area contributed by atoms with E-state index in [0.29, 0.717) is 6.42 Å². The predicted octanol–water partition coefficient (Wildman–Crippen LogP) is 2.05. The van der Waals surface area contributed by atoms with Gasteiger partial charge in [0.15, 0.2) is 0 Å². The lowest BCUT2D eigenvalue weighted by atomic mass is 9.92. The summed E-state index contributed by atoms with van der Waals surface area (Å²) in [5.74, 6) is -0.737. The van der Waals surface area contributed by atoms with Crippen molar-refractivity contribution in [2.45, 2.75) is 38.8 Å². The number of aliphatic hydroxyl groups is 1. The molecule has 104 valence electrons. The third-order valence-electron chi connectivity index (χ3n) is 3.64. The van der Waals surface area contributed by atoms with Crippen LogP contribution in [0.15, 0.2) is 24.3 Å². The van der Waals surface area contributed by atoms with Crippen LogP contribution in [-0.4, -0.2) is 23.5 Å². The number of fused-ring (bicyclic) bond motifs is 1. The van der Waals surface area contributed by atoms with Crippen LogP contribution in [0.1, 0.15) is 31.1 Å². The van der Waals surface area contributed by atoms with Crippen LogP contribution in [0.25, 0.3) is 0 Å². The van der Waals surface area contributed by atoms with E-state index in [0.717, 1.165) is 11.1 Å². The second kappa shape index (κ2) is 4.89. The molecule has 2 rings (SSSR count). The molecule has 1 amide bonds. The molecule has 0 bridgehead atoms. The number of benzene rings is 1. The largest absolute Gasteiger partial charge is 0.386 e. The van der Waals surface area contributed by atoms with Gasteiger partial charge >= 0.3 is 0 Å². The number of hydrogen-bond acceptors (Lipinski definition) is 2. The molecule has 0 aromatic heterocycles. The number of carbonyl (C=O) groups excluding carboxylic acids is 1. The van der Waals surface area contributed by atoms with Crippen molar-refractivity contribution >= 4 is 5.91 Å². The van der Waals surface area contributed by atoms with Gasteiger partial charge < -0.3 is 10.4 Å². The Balaban J connectivity index is 2.09. The molecule has 0 radical (unpaired) electrons. The van der Waals surface area contributed by atoms with E-state index in [1.54, 1.807) is 12.1 Å². The van der Waals surface area contributed by atoms with Crippen molar-refractivity contribution in [2.24, 2.45) is 5.41 Å². The van der Waals surface area contributed by atoms with Gasteiger partial charge in [-0.1, -0.05) is 24.3 Å². The molecule has 2 atom stereocenters. The minimum atomic E-state index is -2.74. The summed E-state index contributed by atoms with van der Waals surface area (Å²) in [7, 11) is 0. The highest BCUT2D eigenvalue weighted by molar-refractivity contribution is 5.82. The van der Waals surface area contributed by atoms with Gasteiger partial charge in [-0.05, 0) is 31.4 Å². The summed E-state index contributed by atoms with van der Waals surface area (Å²) < 4.78 is 25.5. The topological polar surface area (TPSA) is 49.3 Å². The number of halogens is 2. The predicted molar refractivity (Wildman–Crippen MR) is 66.8 cm³/mol. The Kier molecular flexibility index (Phi) is 3.58. The number of hydrogen-bond donors (Lipinski definition) is 2. The number of rotatable bonds is 3. The molecule has 2 unspecified atom stereocenters. The van der Waals surface area contributed by atoms with E-state index in [2.05, 4.69) is 5.32 Å². The lowest BCUT2D eigenvalue weighted by Gasteiger charge is -2.26. The van der Waals surface area contributed by atoms with Crippen LogP contribution in [0.2, 0.25) is 0 Å². The van der Waals surface area contributed by atoms with Gasteiger partial charge in [0.25, 0.3) is 6.43 Å². The van der Waals surface area contributed by atoms with E-state index in [1.165, 1.54) is 13.8 Å². The first kappa shape index (κ1) is 13.9. The molecule has 5 heteroatoms. The molecule has 0 aliphatic heterocycles. The van der Waals surface area contributed by atoms with Crippen molar-refractivity contribution in [1.82, 2.24) is 5.32 Å². The summed E-state index contributed by atoms with van der Waals surface area (Å²) in [5.41, 5.74) is -0.0630. The van der Waals surface area contributed by atoms with Gasteiger partial charge in [0, 0.05) is 0 Å². The zero-order valence-electron chi connectivity index (χ0n) is 10.9. The molecule has 0 heterocycles. The van der Waals surface area contributed by atoms with Crippen molar-refractivity contribution < 1.29 is 18.7 Å². The summed E-state index contributed by atoms with van der Waals surface area (Å²) in [6.07, 6.45) is -3.12. The maximum atomic E-state index is 12.8. The van der Waals surface area contributed by atoms with E-state index in [4.69, 9.17) is 0 Å². The fourth-order valence-electron chi connectivity index (χ4n) is 2.16. The molecule has 0 fully saturated rings. The first-order chi connectivity index (χ1) is 8.84. The fourth-order valence-corrected chi connectivity index (χ4v) is 2.16. The maximum absolute atomic E-state index is 12.8. The Bertz CT molecular complexity index is 488. The van der Waals surface area contributed by atoms with Gasteiger partial charge in [-0.15, -0.1) is 0 Å². The monoisotopic (exact) mass is 269 g/mol. The second-order valence-corrected chi connectivity index (χ2v) is 5.45. The minimum absolute atomic E-state index is 0.461. The van der Waals surface area contributed by atoms with Crippen molar-refractivity contribution in [3.63, 3.8) is 0 Å². The van der Waals surface area contributed by atoms with E-state index in [-0.39, 0.29) is 0 Å². The molecular formula is C14H17F2NO2. The Morgan fingerprint density at radius 2 is 2.05 bits per heavy atom. The highest BCUT2D eigenvalue weighted by Gasteiger charge is 2.41. The lowest BCUT2D eigenvalue weighted by molar-refractivity contribution is -0.139. The van der Waals surface area contributed by atoms with Crippen LogP contribution in [0, 0.1) is 5.41 Å². The minimum Gasteiger partial charge on any atom is -0.386 e. The van der Waals surface area contributed by atoms with E-state index >= 15 is 0 Å². The fraction of sp³-hybridized carbons (Fsp3) is 0.500. The Morgan fingerprint density at radius 1 is 1.42 bits per heavy atom. The zero-order chi connectivity index (χ0) is 14.2. The zero-order valence-corrected chi connectivity index (χ0v) is 10.9. The Hall–Kier alpha value is -1.49. The second-order valence-electron chi connectivity index (χ2n) is 5.45. The quantitative estimate of drug-likeness (QED) is 0.882. The molecule has 19 heavy (non-hydrogen) atoms. The van der Waals surface area contributed by atoms with Gasteiger partial charge in [0.1, 0.15) is 5.41 Å². The smallest absolute Gasteiger partial charge is 0.252 e. The van der Waals surface area contributed by atoms with Crippen molar-refractivity contribution in [2.75, 3.05) is 0 Å². The average Bonchev–Trinajstić information content (AvgIpc) is 2.67. The highest BCUT2D eigenvalue weighted by atomic mass is 19.3. The number of carbonyl (C=O) groups is 1. The highest BCUT2D eigenvalue weighted by Crippen LogP contribution is 2.32. The lowest BCUT2D eigenvalue weighted by Crippen LogP contribution is -2.47. The Morgan fingerprint density at radius 3 is 2.63 bits per heavy atom. The number of alkyl halides is 2. The van der Waals surface area contributed by atoms with Gasteiger partial charge in [-0.3, -0.25) is 4.79 Å². The molecule has 0 spiro atoms. The molecule has 1 aliphatic carbocycles. The first-order valence-electron chi connectivity index (χ1n) is 6.19. The van der Waals surface area contributed by atoms with Crippen LogP contribution in [0.4, 0.5) is 8.78 Å². The van der Waals surface area contributed by atoms with E-state index in [1.807, 2.05) is 12.1 Å². The normalized spacial score (nSPS) is 22.4. The summed E-state index contributed by atoms with van der Waals surface area (Å²) >= 11 is 0. The van der Waals surface area contributed by atoms with Crippen LogP contribution >= 0.6 is 0 Å². The van der Waals surface area contributed by atoms with Crippen molar-refractivity contribution in [3.05, 3.63) is 35.4 Å². The molecule has 0 saturated carbocycles. The average molecular weight is 269 g/mol. The van der Waals surface area contributed by atoms with Crippen LogP contribution in [0.5, 0.6) is 0 Å². The molecule has 3 nitrogen and oxygen atoms in total. The van der Waals surface area contributed by atoms with E-state index < -0.39 is 29.9 Å². The van der Waals surface area contributed by atoms with E-state index in [9.17, 15) is 18.7 Å². The Labute approximate surface area is 110 Å². The van der Waals surface area contributed by atoms with Crippen LogP contribution < -0.4 is 5.32 Å². The molecule has 1 aliphatic rings. The summed E-state index contributed by atoms with van der Waals surface area (Å²) in [6, 6.07) is 6.75. The molecule has 1 aromatic carbocycles. The SMILES string of the molecule is CC(C)(C(=O)NC1Cc2ccccc2C1O)C(F)F. The molecule has 1 aromatic rings. The maximum Gasteiger partial charge on any atom is 0.252 e. The van der Waals surface area contributed by atoms with Crippen LogP contribution in [0.3, 0.4) is 0 Å². The van der Waals surface area contributed by atoms with Gasteiger partial charge in [0.2, 0.25) is 5.91 Å². The first-order valence-corrected chi connectivity index (χ1v) is 6.19. The van der Waals surface area contributed by atoms with Gasteiger partial charge in [0.05, 0.1) is 12.1 Å². The van der Waals surface area contributed by atoms with Crippen molar-refractivity contribution in [3.8, 4) is 0 Å². The van der Waals surface area contributed by atoms with Gasteiger partial charge in [-0.25, -0.2) is 8.78 Å². The number of amides is 1. The number of aliphatic hydroxyl groups excluding tert-OH is 1. The molecule has 2 N–H and O–H groups in total.